The summed E-state index contributed by atoms with van der Waals surface area (Å²) in [5, 5.41) is 10.8. The van der Waals surface area contributed by atoms with Crippen molar-refractivity contribution in [3.8, 4) is 5.69 Å². The molecule has 0 aliphatic carbocycles. The molecule has 1 aromatic carbocycles. The van der Waals surface area contributed by atoms with Gasteiger partial charge in [-0.25, -0.2) is 13.7 Å². The number of rotatable bonds is 3. The van der Waals surface area contributed by atoms with Crippen LogP contribution in [0.5, 0.6) is 0 Å². The number of nitrogens with zero attached hydrogens (tertiary/aromatic N) is 4. The van der Waals surface area contributed by atoms with E-state index in [4.69, 9.17) is 4.78 Å². The van der Waals surface area contributed by atoms with E-state index in [-0.39, 0.29) is 0 Å². The summed E-state index contributed by atoms with van der Waals surface area (Å²) in [5.41, 5.74) is 0.778. The first-order chi connectivity index (χ1) is 7.63. The van der Waals surface area contributed by atoms with Gasteiger partial charge in [-0.3, -0.25) is 0 Å². The van der Waals surface area contributed by atoms with E-state index in [9.17, 15) is 4.21 Å². The Balaban J connectivity index is 2.38. The summed E-state index contributed by atoms with van der Waals surface area (Å²) in [6.45, 7) is 1.74. The zero-order chi connectivity index (χ0) is 11.6. The molecule has 2 aromatic rings. The maximum absolute atomic E-state index is 11.8. The molecule has 0 radical (unpaired) electrons. The first kappa shape index (κ1) is 10.7. The number of tetrazole rings is 1. The van der Waals surface area contributed by atoms with E-state index in [1.165, 1.54) is 11.0 Å². The molecule has 1 N–H and O–H groups in total. The fourth-order valence-corrected chi connectivity index (χ4v) is 2.17. The smallest absolute Gasteiger partial charge is 0.143 e. The van der Waals surface area contributed by atoms with E-state index in [1.807, 2.05) is 0 Å². The summed E-state index contributed by atoms with van der Waals surface area (Å²) in [6, 6.07) is 6.84. The Kier molecular flexibility index (Phi) is 2.69. The third-order valence-corrected chi connectivity index (χ3v) is 4.08. The molecule has 1 aromatic heterocycles. The number of hydrogen-bond donors (Lipinski definition) is 1. The normalized spacial score (nSPS) is 14.6. The van der Waals surface area contributed by atoms with Crippen molar-refractivity contribution in [3.63, 3.8) is 0 Å². The minimum Gasteiger partial charge on any atom is -0.249 e. The molecular weight excluding hydrogens is 226 g/mol. The van der Waals surface area contributed by atoms with Crippen molar-refractivity contribution in [1.82, 2.24) is 20.2 Å². The van der Waals surface area contributed by atoms with Crippen molar-refractivity contribution in [2.24, 2.45) is 0 Å². The van der Waals surface area contributed by atoms with Gasteiger partial charge in [-0.05, 0) is 34.7 Å². The summed E-state index contributed by atoms with van der Waals surface area (Å²) in [6.07, 6.45) is 1.48. The molecule has 0 spiro atoms. The second kappa shape index (κ2) is 4.01. The van der Waals surface area contributed by atoms with Crippen molar-refractivity contribution in [3.05, 3.63) is 30.6 Å². The van der Waals surface area contributed by atoms with Gasteiger partial charge >= 0.3 is 0 Å². The molecule has 2 rings (SSSR count). The van der Waals surface area contributed by atoms with Crippen LogP contribution in [-0.2, 0) is 9.73 Å². The van der Waals surface area contributed by atoms with Gasteiger partial charge in [0, 0.05) is 10.6 Å². The molecule has 0 aliphatic heterocycles. The minimum atomic E-state index is -2.64. The van der Waals surface area contributed by atoms with Crippen LogP contribution in [-0.4, -0.2) is 30.2 Å². The van der Waals surface area contributed by atoms with E-state index >= 15 is 0 Å². The quantitative estimate of drug-likeness (QED) is 0.865. The molecule has 1 heterocycles. The second-order valence-electron chi connectivity index (χ2n) is 3.21. The number of hydrogen-bond acceptors (Lipinski definition) is 5. The highest BCUT2D eigenvalue weighted by Gasteiger charge is 2.07. The van der Waals surface area contributed by atoms with E-state index in [1.54, 1.807) is 31.2 Å². The average molecular weight is 237 g/mol. The average Bonchev–Trinajstić information content (AvgIpc) is 2.83. The Morgan fingerprint density at radius 3 is 2.56 bits per heavy atom. The van der Waals surface area contributed by atoms with Crippen LogP contribution < -0.4 is 0 Å². The fourth-order valence-electron chi connectivity index (χ4n) is 1.26. The SMILES string of the molecule is CCS(=N)(=O)c1ccc(-n2cnnn2)cc1. The van der Waals surface area contributed by atoms with Gasteiger partial charge in [0.05, 0.1) is 15.4 Å². The Morgan fingerprint density at radius 2 is 2.06 bits per heavy atom. The minimum absolute atomic E-state index is 0.317. The lowest BCUT2D eigenvalue weighted by Gasteiger charge is -2.05. The molecule has 6 nitrogen and oxygen atoms in total. The molecular formula is C9H11N5OS. The van der Waals surface area contributed by atoms with Crippen molar-refractivity contribution < 1.29 is 4.21 Å². The topological polar surface area (TPSA) is 84.5 Å². The molecule has 0 saturated heterocycles. The van der Waals surface area contributed by atoms with Crippen LogP contribution in [0.4, 0.5) is 0 Å². The first-order valence-corrected chi connectivity index (χ1v) is 6.46. The van der Waals surface area contributed by atoms with E-state index in [0.29, 0.717) is 10.6 Å². The Labute approximate surface area is 93.3 Å². The van der Waals surface area contributed by atoms with Crippen molar-refractivity contribution in [1.29, 1.82) is 4.78 Å². The third-order valence-electron chi connectivity index (χ3n) is 2.24. The van der Waals surface area contributed by atoms with Gasteiger partial charge in [-0.1, -0.05) is 6.92 Å². The van der Waals surface area contributed by atoms with Crippen LogP contribution in [0.25, 0.3) is 5.69 Å². The molecule has 16 heavy (non-hydrogen) atoms. The van der Waals surface area contributed by atoms with Crippen LogP contribution in [0.15, 0.2) is 35.5 Å². The van der Waals surface area contributed by atoms with E-state index in [0.717, 1.165) is 5.69 Å². The molecule has 1 unspecified atom stereocenters. The van der Waals surface area contributed by atoms with Gasteiger partial charge < -0.3 is 0 Å². The third kappa shape index (κ3) is 1.94. The lowest BCUT2D eigenvalue weighted by molar-refractivity contribution is 0.675. The summed E-state index contributed by atoms with van der Waals surface area (Å²) >= 11 is 0. The van der Waals surface area contributed by atoms with Gasteiger partial charge in [0.25, 0.3) is 0 Å². The molecule has 1 atom stereocenters. The highest BCUT2D eigenvalue weighted by molar-refractivity contribution is 7.92. The molecule has 7 heteroatoms. The van der Waals surface area contributed by atoms with E-state index < -0.39 is 9.73 Å². The van der Waals surface area contributed by atoms with Crippen molar-refractivity contribution >= 4 is 9.73 Å². The molecule has 0 bridgehead atoms. The maximum Gasteiger partial charge on any atom is 0.143 e. The van der Waals surface area contributed by atoms with Crippen LogP contribution in [0.2, 0.25) is 0 Å². The predicted octanol–water partition coefficient (Wildman–Crippen LogP) is 1.09. The maximum atomic E-state index is 11.8. The highest BCUT2D eigenvalue weighted by atomic mass is 32.2. The summed E-state index contributed by atoms with van der Waals surface area (Å²) in [7, 11) is -2.64. The van der Waals surface area contributed by atoms with Gasteiger partial charge in [0.1, 0.15) is 6.33 Å². The van der Waals surface area contributed by atoms with E-state index in [2.05, 4.69) is 15.5 Å². The molecule has 0 saturated carbocycles. The Bertz CT molecular complexity index is 558. The number of nitrogens with one attached hydrogen (secondary N) is 1. The standard InChI is InChI=1S/C9H11N5OS/c1-2-16(10,15)9-5-3-8(4-6-9)14-7-11-12-13-14/h3-7,10H,2H2,1H3. The lowest BCUT2D eigenvalue weighted by Crippen LogP contribution is -2.02. The van der Waals surface area contributed by atoms with Crippen molar-refractivity contribution in [2.75, 3.05) is 5.75 Å². The summed E-state index contributed by atoms with van der Waals surface area (Å²) in [4.78, 5) is 0.534. The molecule has 0 amide bonds. The molecule has 84 valence electrons. The van der Waals surface area contributed by atoms with Gasteiger partial charge in [-0.2, -0.15) is 0 Å². The first-order valence-electron chi connectivity index (χ1n) is 4.73. The number of aromatic nitrogens is 4. The Hall–Kier alpha value is -1.76. The lowest BCUT2D eigenvalue weighted by atomic mass is 10.3. The van der Waals surface area contributed by atoms with Gasteiger partial charge in [-0.15, -0.1) is 5.10 Å². The van der Waals surface area contributed by atoms with Crippen LogP contribution in [0.1, 0.15) is 6.92 Å². The molecule has 0 aliphatic rings. The predicted molar refractivity (Wildman–Crippen MR) is 58.8 cm³/mol. The van der Waals surface area contributed by atoms with Crippen molar-refractivity contribution in [2.45, 2.75) is 11.8 Å². The summed E-state index contributed by atoms with van der Waals surface area (Å²) in [5.74, 6) is 0.317. The Morgan fingerprint density at radius 1 is 1.38 bits per heavy atom. The number of benzene rings is 1. The van der Waals surface area contributed by atoms with Crippen LogP contribution >= 0.6 is 0 Å². The monoisotopic (exact) mass is 237 g/mol. The largest absolute Gasteiger partial charge is 0.249 e. The zero-order valence-electron chi connectivity index (χ0n) is 8.70. The highest BCUT2D eigenvalue weighted by Crippen LogP contribution is 2.14. The van der Waals surface area contributed by atoms with Crippen LogP contribution in [0, 0.1) is 4.78 Å². The zero-order valence-corrected chi connectivity index (χ0v) is 9.52. The second-order valence-corrected chi connectivity index (χ2v) is 5.61. The summed E-state index contributed by atoms with van der Waals surface area (Å²) < 4.78 is 20.9. The van der Waals surface area contributed by atoms with Crippen LogP contribution in [0.3, 0.4) is 0 Å². The van der Waals surface area contributed by atoms with Gasteiger partial charge in [0.2, 0.25) is 0 Å². The fraction of sp³-hybridized carbons (Fsp3) is 0.222. The molecule has 0 fully saturated rings. The van der Waals surface area contributed by atoms with Gasteiger partial charge in [0.15, 0.2) is 0 Å².